The van der Waals surface area contributed by atoms with Gasteiger partial charge < -0.3 is 26.5 Å². The third kappa shape index (κ3) is 8.44. The second kappa shape index (κ2) is 11.6. The Balaban J connectivity index is 2.76. The summed E-state index contributed by atoms with van der Waals surface area (Å²) in [7, 11) is 0. The highest BCUT2D eigenvalue weighted by atomic mass is 32.2. The number of hydrogen-bond donors (Lipinski definition) is 5. The Labute approximate surface area is 163 Å². The number of hydrogen-bond acceptors (Lipinski definition) is 6. The predicted molar refractivity (Wildman–Crippen MR) is 104 cm³/mol. The van der Waals surface area contributed by atoms with Crippen molar-refractivity contribution in [3.63, 3.8) is 0 Å². The van der Waals surface area contributed by atoms with Crippen molar-refractivity contribution >= 4 is 29.5 Å². The van der Waals surface area contributed by atoms with Crippen LogP contribution in [-0.2, 0) is 20.8 Å². The third-order valence-electron chi connectivity index (χ3n) is 3.89. The van der Waals surface area contributed by atoms with Crippen molar-refractivity contribution in [2.75, 3.05) is 12.0 Å². The molecule has 27 heavy (non-hydrogen) atoms. The van der Waals surface area contributed by atoms with Gasteiger partial charge in [-0.3, -0.25) is 9.59 Å². The van der Waals surface area contributed by atoms with E-state index in [0.29, 0.717) is 24.3 Å². The quantitative estimate of drug-likeness (QED) is 0.335. The van der Waals surface area contributed by atoms with E-state index in [0.717, 1.165) is 0 Å². The van der Waals surface area contributed by atoms with Crippen LogP contribution in [0.15, 0.2) is 12.5 Å². The first-order valence-electron chi connectivity index (χ1n) is 8.80. The molecule has 1 aromatic heterocycles. The van der Waals surface area contributed by atoms with Gasteiger partial charge in [-0.25, -0.2) is 9.78 Å². The fourth-order valence-corrected chi connectivity index (χ4v) is 2.95. The van der Waals surface area contributed by atoms with Gasteiger partial charge in [-0.15, -0.1) is 0 Å². The molecule has 0 radical (unpaired) electrons. The number of aromatic amines is 1. The zero-order valence-corrected chi connectivity index (χ0v) is 16.7. The van der Waals surface area contributed by atoms with E-state index < -0.39 is 35.9 Å². The third-order valence-corrected chi connectivity index (χ3v) is 4.53. The molecule has 0 aliphatic carbocycles. The SMILES string of the molecule is CSCC[C@H](NC(=O)[C@@H](N)CC(C)C)C(=O)N[C@@H](Cc1c[nH]cn1)C(=O)O. The van der Waals surface area contributed by atoms with Gasteiger partial charge in [0.2, 0.25) is 11.8 Å². The lowest BCUT2D eigenvalue weighted by Gasteiger charge is -2.23. The molecule has 0 saturated heterocycles. The van der Waals surface area contributed by atoms with Crippen LogP contribution in [0.5, 0.6) is 0 Å². The molecule has 0 aromatic carbocycles. The number of carboxylic acids is 1. The summed E-state index contributed by atoms with van der Waals surface area (Å²) in [5, 5.41) is 14.5. The molecular weight excluding hydrogens is 370 g/mol. The van der Waals surface area contributed by atoms with Crippen molar-refractivity contribution in [2.45, 2.75) is 51.2 Å². The minimum atomic E-state index is -1.17. The topological polar surface area (TPSA) is 150 Å². The summed E-state index contributed by atoms with van der Waals surface area (Å²) >= 11 is 1.53. The lowest BCUT2D eigenvalue weighted by Crippen LogP contribution is -2.55. The molecule has 6 N–H and O–H groups in total. The van der Waals surface area contributed by atoms with Crippen LogP contribution in [0.25, 0.3) is 0 Å². The van der Waals surface area contributed by atoms with E-state index in [1.165, 1.54) is 18.1 Å². The summed E-state index contributed by atoms with van der Waals surface area (Å²) in [5.74, 6) is -1.25. The van der Waals surface area contributed by atoms with Gasteiger partial charge in [-0.1, -0.05) is 13.8 Å². The summed E-state index contributed by atoms with van der Waals surface area (Å²) < 4.78 is 0. The number of nitrogens with two attached hydrogens (primary N) is 1. The number of nitrogens with zero attached hydrogens (tertiary/aromatic N) is 1. The number of carbonyl (C=O) groups excluding carboxylic acids is 2. The molecule has 0 spiro atoms. The first-order valence-corrected chi connectivity index (χ1v) is 10.2. The van der Waals surface area contributed by atoms with Gasteiger partial charge in [-0.2, -0.15) is 11.8 Å². The number of aromatic nitrogens is 2. The van der Waals surface area contributed by atoms with Crippen molar-refractivity contribution in [1.82, 2.24) is 20.6 Å². The van der Waals surface area contributed by atoms with Crippen LogP contribution in [0.3, 0.4) is 0 Å². The van der Waals surface area contributed by atoms with Crippen LogP contribution in [-0.4, -0.2) is 63.0 Å². The first-order chi connectivity index (χ1) is 12.7. The highest BCUT2D eigenvalue weighted by Gasteiger charge is 2.28. The Morgan fingerprint density at radius 3 is 2.44 bits per heavy atom. The number of imidazole rings is 1. The van der Waals surface area contributed by atoms with Gasteiger partial charge in [-0.05, 0) is 30.8 Å². The lowest BCUT2D eigenvalue weighted by atomic mass is 10.0. The summed E-state index contributed by atoms with van der Waals surface area (Å²) in [6, 6.07) is -2.70. The van der Waals surface area contributed by atoms with Crippen molar-refractivity contribution in [3.05, 3.63) is 18.2 Å². The molecule has 0 saturated carbocycles. The Bertz CT molecular complexity index is 608. The molecule has 0 aliphatic rings. The number of rotatable bonds is 12. The second-order valence-corrected chi connectivity index (χ2v) is 7.73. The van der Waals surface area contributed by atoms with Crippen LogP contribution in [0.4, 0.5) is 0 Å². The smallest absolute Gasteiger partial charge is 0.326 e. The van der Waals surface area contributed by atoms with Crippen LogP contribution in [0.1, 0.15) is 32.4 Å². The molecule has 0 fully saturated rings. The van der Waals surface area contributed by atoms with Crippen LogP contribution >= 0.6 is 11.8 Å². The van der Waals surface area contributed by atoms with Crippen LogP contribution in [0.2, 0.25) is 0 Å². The van der Waals surface area contributed by atoms with Gasteiger partial charge in [0.1, 0.15) is 12.1 Å². The summed E-state index contributed by atoms with van der Waals surface area (Å²) in [6.07, 6.45) is 5.81. The number of nitrogens with one attached hydrogen (secondary N) is 3. The Hall–Kier alpha value is -2.07. The number of carboxylic acid groups (broad SMARTS) is 1. The number of thioether (sulfide) groups is 1. The standard InChI is InChI=1S/C17H29N5O4S/c1-10(2)6-12(18)15(23)21-13(4-5-27-3)16(24)22-14(17(25)26)7-11-8-19-9-20-11/h8-10,12-14H,4-7,18H2,1-3H3,(H,19,20)(H,21,23)(H,22,24)(H,25,26)/t12-,13-,14-/m0/s1. The fraction of sp³-hybridized carbons (Fsp3) is 0.647. The highest BCUT2D eigenvalue weighted by molar-refractivity contribution is 7.98. The fourth-order valence-electron chi connectivity index (χ4n) is 2.48. The maximum absolute atomic E-state index is 12.6. The number of aliphatic carboxylic acids is 1. The molecule has 9 nitrogen and oxygen atoms in total. The molecule has 3 atom stereocenters. The molecule has 0 bridgehead atoms. The highest BCUT2D eigenvalue weighted by Crippen LogP contribution is 2.07. The number of amides is 2. The average molecular weight is 400 g/mol. The second-order valence-electron chi connectivity index (χ2n) is 6.74. The molecule has 0 aliphatic heterocycles. The Kier molecular flexibility index (Phi) is 9.87. The van der Waals surface area contributed by atoms with E-state index in [4.69, 9.17) is 5.73 Å². The molecule has 1 rings (SSSR count). The predicted octanol–water partition coefficient (Wildman–Crippen LogP) is 0.133. The number of carbonyl (C=O) groups is 3. The van der Waals surface area contributed by atoms with Crippen molar-refractivity contribution in [2.24, 2.45) is 11.7 Å². The van der Waals surface area contributed by atoms with E-state index in [1.54, 1.807) is 6.20 Å². The maximum atomic E-state index is 12.6. The molecule has 152 valence electrons. The van der Waals surface area contributed by atoms with Gasteiger partial charge in [0.15, 0.2) is 0 Å². The average Bonchev–Trinajstić information content (AvgIpc) is 3.09. The monoisotopic (exact) mass is 399 g/mol. The molecule has 1 heterocycles. The van der Waals surface area contributed by atoms with E-state index in [2.05, 4.69) is 20.6 Å². The van der Waals surface area contributed by atoms with Gasteiger partial charge >= 0.3 is 5.97 Å². The van der Waals surface area contributed by atoms with Crippen LogP contribution in [0, 0.1) is 5.92 Å². The molecular formula is C17H29N5O4S. The number of H-pyrrole nitrogens is 1. The molecule has 10 heteroatoms. The van der Waals surface area contributed by atoms with Crippen molar-refractivity contribution in [3.8, 4) is 0 Å². The van der Waals surface area contributed by atoms with Crippen molar-refractivity contribution < 1.29 is 19.5 Å². The largest absolute Gasteiger partial charge is 0.480 e. The van der Waals surface area contributed by atoms with Crippen molar-refractivity contribution in [1.29, 1.82) is 0 Å². The molecule has 1 aromatic rings. The Morgan fingerprint density at radius 2 is 1.93 bits per heavy atom. The van der Waals surface area contributed by atoms with E-state index in [9.17, 15) is 19.5 Å². The maximum Gasteiger partial charge on any atom is 0.326 e. The normalized spacial score (nSPS) is 14.4. The first kappa shape index (κ1) is 23.0. The minimum Gasteiger partial charge on any atom is -0.480 e. The van der Waals surface area contributed by atoms with Gasteiger partial charge in [0, 0.05) is 12.6 Å². The van der Waals surface area contributed by atoms with Gasteiger partial charge in [0.25, 0.3) is 0 Å². The zero-order chi connectivity index (χ0) is 20.4. The summed E-state index contributed by atoms with van der Waals surface area (Å²) in [5.41, 5.74) is 6.40. The van der Waals surface area contributed by atoms with E-state index in [-0.39, 0.29) is 12.3 Å². The van der Waals surface area contributed by atoms with E-state index >= 15 is 0 Å². The zero-order valence-electron chi connectivity index (χ0n) is 15.9. The van der Waals surface area contributed by atoms with E-state index in [1.807, 2.05) is 20.1 Å². The summed E-state index contributed by atoms with van der Waals surface area (Å²) in [6.45, 7) is 3.91. The molecule has 0 unspecified atom stereocenters. The molecule has 2 amide bonds. The van der Waals surface area contributed by atoms with Gasteiger partial charge in [0.05, 0.1) is 18.1 Å². The Morgan fingerprint density at radius 1 is 1.26 bits per heavy atom. The minimum absolute atomic E-state index is 0.0423. The lowest BCUT2D eigenvalue weighted by molar-refractivity contribution is -0.142. The van der Waals surface area contributed by atoms with Crippen LogP contribution < -0.4 is 16.4 Å². The summed E-state index contributed by atoms with van der Waals surface area (Å²) in [4.78, 5) is 43.1.